The van der Waals surface area contributed by atoms with E-state index < -0.39 is 0 Å². The van der Waals surface area contributed by atoms with Crippen molar-refractivity contribution in [2.75, 3.05) is 0 Å². The number of imidazole rings is 1. The van der Waals surface area contributed by atoms with Gasteiger partial charge in [-0.15, -0.1) is 0 Å². The lowest BCUT2D eigenvalue weighted by Crippen LogP contribution is -1.93. The van der Waals surface area contributed by atoms with Gasteiger partial charge in [0.05, 0.1) is 11.0 Å². The quantitative estimate of drug-likeness (QED) is 0.242. The second-order valence-corrected chi connectivity index (χ2v) is 9.35. The summed E-state index contributed by atoms with van der Waals surface area (Å²) in [7, 11) is 2.09. The molecule has 6 aromatic carbocycles. The van der Waals surface area contributed by atoms with E-state index in [9.17, 15) is 0 Å². The molecule has 166 valence electrons. The number of hydrogen-bond acceptors (Lipinski definition) is 1. The maximum atomic E-state index is 4.89. The Morgan fingerprint density at radius 2 is 1.14 bits per heavy atom. The molecule has 0 spiro atoms. The summed E-state index contributed by atoms with van der Waals surface area (Å²) < 4.78 is 2.18. The first-order valence-corrected chi connectivity index (χ1v) is 12.0. The Bertz CT molecular complexity index is 1920. The van der Waals surface area contributed by atoms with Gasteiger partial charge in [0.25, 0.3) is 0 Å². The third-order valence-electron chi connectivity index (χ3n) is 7.37. The maximum Gasteiger partial charge on any atom is 0.140 e. The molecule has 1 aromatic heterocycles. The predicted octanol–water partition coefficient (Wildman–Crippen LogP) is 8.68. The van der Waals surface area contributed by atoms with E-state index in [0.29, 0.717) is 0 Å². The van der Waals surface area contributed by atoms with E-state index in [4.69, 9.17) is 4.98 Å². The van der Waals surface area contributed by atoms with E-state index in [-0.39, 0.29) is 0 Å². The molecule has 2 nitrogen and oxygen atoms in total. The molecule has 0 atom stereocenters. The Labute approximate surface area is 204 Å². The van der Waals surface area contributed by atoms with E-state index in [1.807, 2.05) is 6.07 Å². The van der Waals surface area contributed by atoms with Crippen molar-refractivity contribution in [3.63, 3.8) is 0 Å². The number of hydrogen-bond donors (Lipinski definition) is 0. The fraction of sp³-hybridized carbons (Fsp3) is 0.0606. The summed E-state index contributed by atoms with van der Waals surface area (Å²) in [5.41, 5.74) is 7.22. The molecule has 0 aliphatic rings. The van der Waals surface area contributed by atoms with Gasteiger partial charge in [0, 0.05) is 12.6 Å². The van der Waals surface area contributed by atoms with E-state index in [0.717, 1.165) is 22.4 Å². The van der Waals surface area contributed by atoms with Gasteiger partial charge in [0.2, 0.25) is 0 Å². The number of nitrogens with zero attached hydrogens (tertiary/aromatic N) is 2. The Hall–Kier alpha value is -4.43. The molecule has 0 saturated carbocycles. The monoisotopic (exact) mass is 448 g/mol. The van der Waals surface area contributed by atoms with E-state index >= 15 is 0 Å². The highest BCUT2D eigenvalue weighted by molar-refractivity contribution is 6.16. The predicted molar refractivity (Wildman–Crippen MR) is 149 cm³/mol. The first kappa shape index (κ1) is 20.0. The van der Waals surface area contributed by atoms with Crippen LogP contribution in [-0.4, -0.2) is 9.55 Å². The van der Waals surface area contributed by atoms with Gasteiger partial charge in [-0.3, -0.25) is 0 Å². The fourth-order valence-corrected chi connectivity index (χ4v) is 5.63. The second-order valence-electron chi connectivity index (χ2n) is 9.35. The molecule has 0 radical (unpaired) electrons. The zero-order valence-electron chi connectivity index (χ0n) is 19.8. The average Bonchev–Trinajstić information content (AvgIpc) is 3.25. The van der Waals surface area contributed by atoms with Crippen molar-refractivity contribution >= 4 is 43.4 Å². The summed E-state index contributed by atoms with van der Waals surface area (Å²) in [6, 6.07) is 39.3. The third kappa shape index (κ3) is 3.00. The highest BCUT2D eigenvalue weighted by Gasteiger charge is 2.14. The first-order chi connectivity index (χ1) is 17.2. The molecule has 0 N–H and O–H groups in total. The highest BCUT2D eigenvalue weighted by Crippen LogP contribution is 2.39. The largest absolute Gasteiger partial charge is 0.327 e. The summed E-state index contributed by atoms with van der Waals surface area (Å²) in [5.74, 6) is 0.994. The number of aromatic nitrogens is 2. The van der Waals surface area contributed by atoms with Crippen LogP contribution in [0, 0.1) is 6.92 Å². The number of rotatable bonds is 2. The third-order valence-corrected chi connectivity index (χ3v) is 7.37. The lowest BCUT2D eigenvalue weighted by molar-refractivity contribution is 0.960. The van der Waals surface area contributed by atoms with Crippen LogP contribution < -0.4 is 0 Å². The molecule has 0 bridgehead atoms. The number of fused-ring (bicyclic) bond motifs is 5. The summed E-state index contributed by atoms with van der Waals surface area (Å²) in [6.45, 7) is 2.25. The minimum Gasteiger partial charge on any atom is -0.327 e. The van der Waals surface area contributed by atoms with Crippen LogP contribution in [0.2, 0.25) is 0 Å². The average molecular weight is 449 g/mol. The Balaban J connectivity index is 1.42. The lowest BCUT2D eigenvalue weighted by Gasteiger charge is -2.16. The molecule has 35 heavy (non-hydrogen) atoms. The summed E-state index contributed by atoms with van der Waals surface area (Å²) in [6.07, 6.45) is 0. The van der Waals surface area contributed by atoms with Gasteiger partial charge >= 0.3 is 0 Å². The molecule has 0 aliphatic carbocycles. The second kappa shape index (κ2) is 7.54. The van der Waals surface area contributed by atoms with E-state index in [2.05, 4.69) is 122 Å². The smallest absolute Gasteiger partial charge is 0.140 e. The van der Waals surface area contributed by atoms with Gasteiger partial charge in [-0.25, -0.2) is 4.98 Å². The minimum atomic E-state index is 0.994. The first-order valence-electron chi connectivity index (χ1n) is 12.0. The normalized spacial score (nSPS) is 11.7. The molecule has 0 saturated heterocycles. The van der Waals surface area contributed by atoms with Crippen LogP contribution in [0.5, 0.6) is 0 Å². The standard InChI is InChI=1S/C33H24N2/c1-21-26-9-3-4-10-27(26)28-11-5-6-12-29(28)32(21)24-17-15-23-20-25(18-16-22(23)19-24)33-34-30-13-7-8-14-31(30)35(33)2/h3-20H,1-2H3. The fourth-order valence-electron chi connectivity index (χ4n) is 5.63. The van der Waals surface area contributed by atoms with Gasteiger partial charge < -0.3 is 4.57 Å². The summed E-state index contributed by atoms with van der Waals surface area (Å²) in [5, 5.41) is 7.71. The SMILES string of the molecule is Cc1c(-c2ccc3cc(-c4nc5ccccc5n4C)ccc3c2)c2ccccc2c2ccccc12. The molecule has 1 heterocycles. The topological polar surface area (TPSA) is 17.8 Å². The molecule has 0 aliphatic heterocycles. The maximum absolute atomic E-state index is 4.89. The van der Waals surface area contributed by atoms with E-state index in [1.54, 1.807) is 0 Å². The van der Waals surface area contributed by atoms with Gasteiger partial charge in [0.1, 0.15) is 5.82 Å². The van der Waals surface area contributed by atoms with Gasteiger partial charge in [0.15, 0.2) is 0 Å². The zero-order chi connectivity index (χ0) is 23.5. The van der Waals surface area contributed by atoms with Crippen LogP contribution in [0.15, 0.2) is 109 Å². The van der Waals surface area contributed by atoms with Crippen molar-refractivity contribution in [3.05, 3.63) is 115 Å². The zero-order valence-corrected chi connectivity index (χ0v) is 19.8. The van der Waals surface area contributed by atoms with Crippen molar-refractivity contribution in [1.82, 2.24) is 9.55 Å². The number of benzene rings is 6. The van der Waals surface area contributed by atoms with Gasteiger partial charge in [-0.2, -0.15) is 0 Å². The molecule has 2 heteroatoms. The van der Waals surface area contributed by atoms with Gasteiger partial charge in [-0.1, -0.05) is 84.9 Å². The molecular weight excluding hydrogens is 424 g/mol. The Morgan fingerprint density at radius 3 is 1.89 bits per heavy atom. The lowest BCUT2D eigenvalue weighted by atomic mass is 9.88. The summed E-state index contributed by atoms with van der Waals surface area (Å²) >= 11 is 0. The van der Waals surface area contributed by atoms with Crippen LogP contribution in [0.1, 0.15) is 5.56 Å². The van der Waals surface area contributed by atoms with Crippen molar-refractivity contribution in [2.24, 2.45) is 7.05 Å². The number of aryl methyl sites for hydroxylation is 2. The van der Waals surface area contributed by atoms with Gasteiger partial charge in [-0.05, 0) is 80.2 Å². The van der Waals surface area contributed by atoms with Crippen molar-refractivity contribution < 1.29 is 0 Å². The molecule has 0 fully saturated rings. The van der Waals surface area contributed by atoms with Crippen molar-refractivity contribution in [1.29, 1.82) is 0 Å². The molecule has 7 rings (SSSR count). The Kier molecular flexibility index (Phi) is 4.31. The number of para-hydroxylation sites is 2. The van der Waals surface area contributed by atoms with Crippen LogP contribution in [0.3, 0.4) is 0 Å². The molecular formula is C33H24N2. The van der Waals surface area contributed by atoms with Crippen LogP contribution in [-0.2, 0) is 7.05 Å². The van der Waals surface area contributed by atoms with Crippen LogP contribution in [0.25, 0.3) is 65.9 Å². The molecule has 0 unspecified atom stereocenters. The minimum absolute atomic E-state index is 0.994. The summed E-state index contributed by atoms with van der Waals surface area (Å²) in [4.78, 5) is 4.89. The van der Waals surface area contributed by atoms with Crippen molar-refractivity contribution in [3.8, 4) is 22.5 Å². The highest BCUT2D eigenvalue weighted by atomic mass is 15.1. The van der Waals surface area contributed by atoms with E-state index in [1.165, 1.54) is 49.0 Å². The van der Waals surface area contributed by atoms with Crippen LogP contribution >= 0.6 is 0 Å². The Morgan fingerprint density at radius 1 is 0.571 bits per heavy atom. The van der Waals surface area contributed by atoms with Crippen LogP contribution in [0.4, 0.5) is 0 Å². The molecule has 7 aromatic rings. The molecule has 0 amide bonds. The van der Waals surface area contributed by atoms with Crippen molar-refractivity contribution in [2.45, 2.75) is 6.92 Å².